The molecular formula is C14H16N2. The van der Waals surface area contributed by atoms with Crippen molar-refractivity contribution in [3.8, 4) is 11.1 Å². The van der Waals surface area contributed by atoms with Gasteiger partial charge in [0.15, 0.2) is 0 Å². The van der Waals surface area contributed by atoms with Gasteiger partial charge in [0.2, 0.25) is 0 Å². The highest BCUT2D eigenvalue weighted by atomic mass is 14.6. The summed E-state index contributed by atoms with van der Waals surface area (Å²) in [5, 5.41) is 0. The highest BCUT2D eigenvalue weighted by molar-refractivity contribution is 5.67. The Morgan fingerprint density at radius 3 is 2.56 bits per heavy atom. The van der Waals surface area contributed by atoms with Crippen molar-refractivity contribution in [2.75, 3.05) is 0 Å². The van der Waals surface area contributed by atoms with Crippen LogP contribution in [0.5, 0.6) is 0 Å². The molecule has 0 aliphatic rings. The summed E-state index contributed by atoms with van der Waals surface area (Å²) in [6.45, 7) is 4.70. The van der Waals surface area contributed by atoms with Gasteiger partial charge in [0.25, 0.3) is 0 Å². The number of benzene rings is 1. The molecule has 0 aliphatic heterocycles. The van der Waals surface area contributed by atoms with Crippen molar-refractivity contribution in [2.24, 2.45) is 5.73 Å². The van der Waals surface area contributed by atoms with Gasteiger partial charge < -0.3 is 5.73 Å². The lowest BCUT2D eigenvalue weighted by Crippen LogP contribution is -1.99. The largest absolute Gasteiger partial charge is 0.326 e. The molecule has 2 N–H and O–H groups in total. The van der Waals surface area contributed by atoms with Crippen molar-refractivity contribution in [3.05, 3.63) is 53.3 Å². The van der Waals surface area contributed by atoms with Crippen LogP contribution in [0.15, 0.2) is 36.7 Å². The third kappa shape index (κ3) is 2.12. The van der Waals surface area contributed by atoms with Gasteiger partial charge in [-0.1, -0.05) is 23.8 Å². The van der Waals surface area contributed by atoms with Gasteiger partial charge in [0.05, 0.1) is 0 Å². The van der Waals surface area contributed by atoms with E-state index >= 15 is 0 Å². The van der Waals surface area contributed by atoms with Crippen LogP contribution in [0.3, 0.4) is 0 Å². The molecule has 1 aromatic carbocycles. The molecule has 1 aromatic heterocycles. The summed E-state index contributed by atoms with van der Waals surface area (Å²) >= 11 is 0. The van der Waals surface area contributed by atoms with Crippen molar-refractivity contribution < 1.29 is 0 Å². The molecule has 0 saturated heterocycles. The molecule has 2 aromatic rings. The normalized spacial score (nSPS) is 10.4. The molecular weight excluding hydrogens is 196 g/mol. The summed E-state index contributed by atoms with van der Waals surface area (Å²) in [5.74, 6) is 0. The predicted molar refractivity (Wildman–Crippen MR) is 67.0 cm³/mol. The Bertz CT molecular complexity index is 504. The average molecular weight is 212 g/mol. The fraction of sp³-hybridized carbons (Fsp3) is 0.214. The van der Waals surface area contributed by atoms with Gasteiger partial charge >= 0.3 is 0 Å². The van der Waals surface area contributed by atoms with Crippen LogP contribution in [-0.2, 0) is 6.54 Å². The van der Waals surface area contributed by atoms with Gasteiger partial charge in [-0.2, -0.15) is 0 Å². The van der Waals surface area contributed by atoms with Crippen LogP contribution in [0.1, 0.15) is 16.7 Å². The quantitative estimate of drug-likeness (QED) is 0.831. The maximum atomic E-state index is 5.76. The fourth-order valence-corrected chi connectivity index (χ4v) is 1.84. The second-order valence-electron chi connectivity index (χ2n) is 4.12. The van der Waals surface area contributed by atoms with Crippen molar-refractivity contribution in [3.63, 3.8) is 0 Å². The minimum Gasteiger partial charge on any atom is -0.326 e. The van der Waals surface area contributed by atoms with Crippen LogP contribution < -0.4 is 5.73 Å². The first-order valence-electron chi connectivity index (χ1n) is 5.42. The second kappa shape index (κ2) is 4.45. The molecule has 1 heterocycles. The maximum Gasteiger partial charge on any atom is 0.0346 e. The van der Waals surface area contributed by atoms with Crippen LogP contribution in [0, 0.1) is 13.8 Å². The molecule has 0 unspecified atom stereocenters. The highest BCUT2D eigenvalue weighted by Crippen LogP contribution is 2.24. The van der Waals surface area contributed by atoms with Crippen LogP contribution in [0.2, 0.25) is 0 Å². The number of hydrogen-bond acceptors (Lipinski definition) is 2. The molecule has 0 aliphatic carbocycles. The number of nitrogens with zero attached hydrogens (tertiary/aromatic N) is 1. The van der Waals surface area contributed by atoms with Gasteiger partial charge in [0, 0.05) is 24.5 Å². The first-order valence-corrected chi connectivity index (χ1v) is 5.42. The summed E-state index contributed by atoms with van der Waals surface area (Å²) in [6.07, 6.45) is 3.75. The molecule has 16 heavy (non-hydrogen) atoms. The SMILES string of the molecule is Cc1cncc(-c2cc(C)ccc2CN)c1. The Labute approximate surface area is 96.1 Å². The Morgan fingerprint density at radius 1 is 1.06 bits per heavy atom. The zero-order valence-corrected chi connectivity index (χ0v) is 9.70. The van der Waals surface area contributed by atoms with Crippen LogP contribution in [0.4, 0.5) is 0 Å². The Hall–Kier alpha value is -1.67. The Morgan fingerprint density at radius 2 is 1.88 bits per heavy atom. The lowest BCUT2D eigenvalue weighted by molar-refractivity contribution is 1.07. The zero-order valence-electron chi connectivity index (χ0n) is 9.70. The molecule has 0 saturated carbocycles. The molecule has 2 rings (SSSR count). The Balaban J connectivity index is 2.58. The molecule has 2 nitrogen and oxygen atoms in total. The van der Waals surface area contributed by atoms with E-state index in [4.69, 9.17) is 5.73 Å². The van der Waals surface area contributed by atoms with Crippen LogP contribution in [-0.4, -0.2) is 4.98 Å². The van der Waals surface area contributed by atoms with Crippen LogP contribution in [0.25, 0.3) is 11.1 Å². The summed E-state index contributed by atoms with van der Waals surface area (Å²) in [6, 6.07) is 8.49. The van der Waals surface area contributed by atoms with E-state index in [1.54, 1.807) is 0 Å². The molecule has 0 bridgehead atoms. The third-order valence-electron chi connectivity index (χ3n) is 2.67. The van der Waals surface area contributed by atoms with E-state index in [2.05, 4.69) is 43.1 Å². The molecule has 82 valence electrons. The molecule has 0 fully saturated rings. The summed E-state index contributed by atoms with van der Waals surface area (Å²) in [7, 11) is 0. The van der Waals surface area contributed by atoms with E-state index in [1.165, 1.54) is 16.7 Å². The Kier molecular flexibility index (Phi) is 3.02. The molecule has 0 spiro atoms. The van der Waals surface area contributed by atoms with Crippen molar-refractivity contribution >= 4 is 0 Å². The first kappa shape index (κ1) is 10.8. The van der Waals surface area contributed by atoms with Crippen LogP contribution >= 0.6 is 0 Å². The topological polar surface area (TPSA) is 38.9 Å². The second-order valence-corrected chi connectivity index (χ2v) is 4.12. The van der Waals surface area contributed by atoms with Crippen molar-refractivity contribution in [1.29, 1.82) is 0 Å². The molecule has 0 atom stereocenters. The third-order valence-corrected chi connectivity index (χ3v) is 2.67. The predicted octanol–water partition coefficient (Wildman–Crippen LogP) is 2.82. The maximum absolute atomic E-state index is 5.76. The minimum absolute atomic E-state index is 0.559. The van der Waals surface area contributed by atoms with Gasteiger partial charge in [-0.15, -0.1) is 0 Å². The van der Waals surface area contributed by atoms with Crippen molar-refractivity contribution in [1.82, 2.24) is 4.98 Å². The van der Waals surface area contributed by atoms with Gasteiger partial charge in [-0.25, -0.2) is 0 Å². The number of rotatable bonds is 2. The van der Waals surface area contributed by atoms with E-state index in [1.807, 2.05) is 12.4 Å². The smallest absolute Gasteiger partial charge is 0.0346 e. The lowest BCUT2D eigenvalue weighted by atomic mass is 9.98. The van der Waals surface area contributed by atoms with E-state index in [9.17, 15) is 0 Å². The molecule has 2 heteroatoms. The number of aryl methyl sites for hydroxylation is 2. The standard InChI is InChI=1S/C14H16N2/c1-10-3-4-12(7-15)14(6-10)13-5-11(2)8-16-9-13/h3-6,8-9H,7,15H2,1-2H3. The van der Waals surface area contributed by atoms with E-state index in [0.717, 1.165) is 11.1 Å². The fourth-order valence-electron chi connectivity index (χ4n) is 1.84. The summed E-state index contributed by atoms with van der Waals surface area (Å²) in [4.78, 5) is 4.22. The van der Waals surface area contributed by atoms with Gasteiger partial charge in [-0.3, -0.25) is 4.98 Å². The average Bonchev–Trinajstić information content (AvgIpc) is 2.29. The highest BCUT2D eigenvalue weighted by Gasteiger charge is 2.04. The lowest BCUT2D eigenvalue weighted by Gasteiger charge is -2.09. The van der Waals surface area contributed by atoms with E-state index < -0.39 is 0 Å². The van der Waals surface area contributed by atoms with Gasteiger partial charge in [0.1, 0.15) is 0 Å². The minimum atomic E-state index is 0.559. The van der Waals surface area contributed by atoms with Gasteiger partial charge in [-0.05, 0) is 36.6 Å². The van der Waals surface area contributed by atoms with E-state index in [-0.39, 0.29) is 0 Å². The monoisotopic (exact) mass is 212 g/mol. The molecule has 0 radical (unpaired) electrons. The first-order chi connectivity index (χ1) is 7.70. The number of nitrogens with two attached hydrogens (primary N) is 1. The number of hydrogen-bond donors (Lipinski definition) is 1. The zero-order chi connectivity index (χ0) is 11.5. The van der Waals surface area contributed by atoms with E-state index in [0.29, 0.717) is 6.54 Å². The number of aromatic nitrogens is 1. The summed E-state index contributed by atoms with van der Waals surface area (Å²) < 4.78 is 0. The number of pyridine rings is 1. The molecule has 0 amide bonds. The summed E-state index contributed by atoms with van der Waals surface area (Å²) in [5.41, 5.74) is 11.7. The van der Waals surface area contributed by atoms with Crippen molar-refractivity contribution in [2.45, 2.75) is 20.4 Å².